The van der Waals surface area contributed by atoms with Crippen LogP contribution in [0, 0.1) is 6.08 Å². The van der Waals surface area contributed by atoms with Gasteiger partial charge in [-0.15, -0.1) is 11.6 Å². The average Bonchev–Trinajstić information content (AvgIpc) is 2.43. The van der Waals surface area contributed by atoms with Gasteiger partial charge in [-0.2, -0.15) is 17.7 Å². The van der Waals surface area contributed by atoms with Gasteiger partial charge >= 0.3 is 18.9 Å². The van der Waals surface area contributed by atoms with Crippen LogP contribution >= 0.6 is 11.8 Å². The third kappa shape index (κ3) is 1.74. The smallest absolute Gasteiger partial charge is 0.200 e. The Balaban J connectivity index is 0.000000720. The van der Waals surface area contributed by atoms with Gasteiger partial charge in [0.25, 0.3) is 0 Å². The van der Waals surface area contributed by atoms with Crippen LogP contribution in [-0.2, 0) is 0 Å². The first-order chi connectivity index (χ1) is 5.29. The van der Waals surface area contributed by atoms with E-state index >= 15 is 0 Å². The van der Waals surface area contributed by atoms with E-state index in [1.165, 1.54) is 22.5 Å². The van der Waals surface area contributed by atoms with Crippen molar-refractivity contribution in [2.24, 2.45) is 0 Å². The third-order valence-electron chi connectivity index (χ3n) is 1.95. The molecule has 0 N–H and O–H groups in total. The number of rotatable bonds is 1. The van der Waals surface area contributed by atoms with Gasteiger partial charge in [0.2, 0.25) is 0 Å². The minimum absolute atomic E-state index is 0. The minimum atomic E-state index is 0. The van der Waals surface area contributed by atoms with E-state index < -0.39 is 0 Å². The predicted octanol–water partition coefficient (Wildman–Crippen LogP) is 0.0892. The Labute approximate surface area is 90.4 Å². The zero-order valence-corrected chi connectivity index (χ0v) is 8.66. The summed E-state index contributed by atoms with van der Waals surface area (Å²) in [5.41, 5.74) is 2.70. The zero-order chi connectivity index (χ0) is 7.84. The fourth-order valence-electron chi connectivity index (χ4n) is 1.38. The molecule has 0 aromatic rings. The summed E-state index contributed by atoms with van der Waals surface area (Å²) in [4.78, 5) is 1.43. The number of fused-ring (bicyclic) bond motifs is 1. The quantitative estimate of drug-likeness (QED) is 0.397. The Morgan fingerprint density at radius 2 is 2.25 bits per heavy atom. The van der Waals surface area contributed by atoms with Crippen LogP contribution in [0.1, 0.15) is 20.3 Å². The molecule has 2 aliphatic rings. The summed E-state index contributed by atoms with van der Waals surface area (Å²) < 4.78 is 0. The first kappa shape index (κ1) is 10.2. The topological polar surface area (TPSA) is 0 Å². The molecule has 1 unspecified atom stereocenters. The van der Waals surface area contributed by atoms with Crippen molar-refractivity contribution >= 4 is 11.8 Å². The first-order valence-electron chi connectivity index (χ1n) is 4.00. The summed E-state index contributed by atoms with van der Waals surface area (Å²) in [6.45, 7) is 4.35. The largest absolute Gasteiger partial charge is 1.00 e. The van der Waals surface area contributed by atoms with Gasteiger partial charge in [0.15, 0.2) is 0 Å². The third-order valence-corrected chi connectivity index (χ3v) is 3.28. The van der Waals surface area contributed by atoms with Crippen molar-refractivity contribution in [3.05, 3.63) is 34.3 Å². The van der Waals surface area contributed by atoms with Crippen LogP contribution in [0.3, 0.4) is 0 Å². The molecule has 0 fully saturated rings. The van der Waals surface area contributed by atoms with Crippen molar-refractivity contribution in [1.29, 1.82) is 0 Å². The fourth-order valence-corrected chi connectivity index (χ4v) is 2.53. The normalized spacial score (nSPS) is 25.5. The molecule has 0 aromatic carbocycles. The molecule has 1 heterocycles. The summed E-state index contributed by atoms with van der Waals surface area (Å²) >= 11 is 1.95. The summed E-state index contributed by atoms with van der Waals surface area (Å²) in [6.07, 6.45) is 9.13. The maximum Gasteiger partial charge on any atom is 1.00 e. The SMILES string of the molecule is CCC1[C-]=C2C=C(C)C=C2S1.[Li+]. The average molecular weight is 170 g/mol. The Kier molecular flexibility index (Phi) is 3.35. The molecule has 58 valence electrons. The molecule has 0 spiro atoms. The van der Waals surface area contributed by atoms with E-state index in [4.69, 9.17) is 0 Å². The van der Waals surface area contributed by atoms with Gasteiger partial charge in [-0.3, -0.25) is 0 Å². The molecule has 0 saturated carbocycles. The van der Waals surface area contributed by atoms with Crippen molar-refractivity contribution in [2.75, 3.05) is 0 Å². The summed E-state index contributed by atoms with van der Waals surface area (Å²) in [5.74, 6) is 0. The van der Waals surface area contributed by atoms with Crippen molar-refractivity contribution in [1.82, 2.24) is 0 Å². The second-order valence-corrected chi connectivity index (χ2v) is 4.21. The monoisotopic (exact) mass is 170 g/mol. The molecular weight excluding hydrogens is 159 g/mol. The van der Waals surface area contributed by atoms with Crippen molar-refractivity contribution in [3.8, 4) is 0 Å². The molecule has 1 aliphatic heterocycles. The van der Waals surface area contributed by atoms with E-state index in [0.29, 0.717) is 5.25 Å². The molecule has 0 radical (unpaired) electrons. The van der Waals surface area contributed by atoms with Gasteiger partial charge in [-0.25, -0.2) is 11.8 Å². The van der Waals surface area contributed by atoms with Gasteiger partial charge in [0.05, 0.1) is 0 Å². The molecule has 2 rings (SSSR count). The van der Waals surface area contributed by atoms with Crippen molar-refractivity contribution < 1.29 is 18.9 Å². The molecule has 1 atom stereocenters. The van der Waals surface area contributed by atoms with Gasteiger partial charge in [0, 0.05) is 0 Å². The Morgan fingerprint density at radius 1 is 1.50 bits per heavy atom. The van der Waals surface area contributed by atoms with Crippen LogP contribution in [0.15, 0.2) is 28.2 Å². The van der Waals surface area contributed by atoms with Crippen LogP contribution in [0.4, 0.5) is 0 Å². The first-order valence-corrected chi connectivity index (χ1v) is 4.88. The van der Waals surface area contributed by atoms with Crippen LogP contribution in [0.25, 0.3) is 0 Å². The zero-order valence-electron chi connectivity index (χ0n) is 7.85. The van der Waals surface area contributed by atoms with Gasteiger partial charge < -0.3 is 0 Å². The second kappa shape index (κ2) is 3.92. The van der Waals surface area contributed by atoms with Gasteiger partial charge in [-0.1, -0.05) is 25.2 Å². The fraction of sp³-hybridized carbons (Fsp3) is 0.400. The Morgan fingerprint density at radius 3 is 2.83 bits per heavy atom. The summed E-state index contributed by atoms with van der Waals surface area (Å²) in [7, 11) is 0. The molecule has 0 amide bonds. The predicted molar refractivity (Wildman–Crippen MR) is 50.3 cm³/mol. The number of allylic oxidation sites excluding steroid dienone is 4. The molecule has 1 aliphatic carbocycles. The minimum Gasteiger partial charge on any atom is -0.200 e. The summed E-state index contributed by atoms with van der Waals surface area (Å²) in [6, 6.07) is 0. The van der Waals surface area contributed by atoms with Crippen LogP contribution < -0.4 is 18.9 Å². The molecular formula is C10H11LiS. The number of hydrogen-bond donors (Lipinski definition) is 0. The van der Waals surface area contributed by atoms with Crippen molar-refractivity contribution in [3.63, 3.8) is 0 Å². The van der Waals surface area contributed by atoms with Crippen LogP contribution in [0.2, 0.25) is 0 Å². The van der Waals surface area contributed by atoms with E-state index in [-0.39, 0.29) is 18.9 Å². The Bertz CT molecular complexity index is 274. The van der Waals surface area contributed by atoms with Crippen molar-refractivity contribution in [2.45, 2.75) is 25.5 Å². The van der Waals surface area contributed by atoms with E-state index in [1.54, 1.807) is 0 Å². The van der Waals surface area contributed by atoms with Gasteiger partial charge in [0.1, 0.15) is 0 Å². The molecule has 12 heavy (non-hydrogen) atoms. The maximum atomic E-state index is 3.47. The number of thioether (sulfide) groups is 1. The molecule has 0 nitrogen and oxygen atoms in total. The second-order valence-electron chi connectivity index (χ2n) is 2.97. The maximum absolute atomic E-state index is 3.47. The van der Waals surface area contributed by atoms with E-state index in [2.05, 4.69) is 32.1 Å². The molecule has 0 bridgehead atoms. The summed E-state index contributed by atoms with van der Waals surface area (Å²) in [5, 5.41) is 0.612. The number of hydrogen-bond acceptors (Lipinski definition) is 1. The molecule has 0 aromatic heterocycles. The van der Waals surface area contributed by atoms with E-state index in [1.807, 2.05) is 11.8 Å². The molecule has 2 heteroatoms. The van der Waals surface area contributed by atoms with E-state index in [0.717, 1.165) is 0 Å². The van der Waals surface area contributed by atoms with E-state index in [9.17, 15) is 0 Å². The standard InChI is InChI=1S/C10H11S.Li/c1-3-9-6-8-4-7(2)5-10(8)11-9;/h4-5,9H,3H2,1-2H3;/q-1;+1. The van der Waals surface area contributed by atoms with Gasteiger partial charge in [-0.05, 0) is 5.25 Å². The van der Waals surface area contributed by atoms with Crippen LogP contribution in [-0.4, -0.2) is 5.25 Å². The van der Waals surface area contributed by atoms with Crippen LogP contribution in [0.5, 0.6) is 0 Å². The molecule has 0 saturated heterocycles. The Hall–Kier alpha value is 0.167.